The van der Waals surface area contributed by atoms with Gasteiger partial charge in [0.05, 0.1) is 19.3 Å². The van der Waals surface area contributed by atoms with Gasteiger partial charge in [0, 0.05) is 42.1 Å². The predicted octanol–water partition coefficient (Wildman–Crippen LogP) is 2.59. The van der Waals surface area contributed by atoms with Crippen LogP contribution in [0.5, 0.6) is 5.75 Å². The van der Waals surface area contributed by atoms with Crippen LogP contribution in [-0.4, -0.2) is 65.1 Å². The smallest absolute Gasteiger partial charge is 0.254 e. The SMILES string of the molecule is COc1ccccc1C1CN2C(=O)CN(CCCO)C(=O)[C@]2(C)c2[nH]c3ccccc3c21. The number of benzene rings is 2. The van der Waals surface area contributed by atoms with Crippen molar-refractivity contribution >= 4 is 22.7 Å². The van der Waals surface area contributed by atoms with Gasteiger partial charge in [-0.05, 0) is 31.0 Å². The number of aliphatic hydroxyl groups excluding tert-OH is 1. The Labute approximate surface area is 186 Å². The summed E-state index contributed by atoms with van der Waals surface area (Å²) in [7, 11) is 1.65. The molecule has 0 saturated carbocycles. The standard InChI is InChI=1S/C25H27N3O4/c1-25-23-22(17-9-3-5-10-19(17)26-23)18(16-8-4-6-11-20(16)32-2)14-28(25)21(30)15-27(24(25)31)12-7-13-29/h3-6,8-11,18,26,29H,7,12-15H2,1-2H3/t18?,25-/m0/s1. The van der Waals surface area contributed by atoms with Gasteiger partial charge >= 0.3 is 0 Å². The normalized spacial score (nSPS) is 22.8. The van der Waals surface area contributed by atoms with Crippen molar-refractivity contribution in [1.29, 1.82) is 0 Å². The van der Waals surface area contributed by atoms with E-state index in [1.807, 2.05) is 49.4 Å². The molecule has 1 fully saturated rings. The number of piperazine rings is 1. The zero-order valence-electron chi connectivity index (χ0n) is 18.3. The topological polar surface area (TPSA) is 85.9 Å². The number of amides is 2. The molecule has 0 aliphatic carbocycles. The Morgan fingerprint density at radius 2 is 1.91 bits per heavy atom. The molecule has 166 valence electrons. The third-order valence-corrected chi connectivity index (χ3v) is 6.92. The number of aromatic amines is 1. The van der Waals surface area contributed by atoms with Gasteiger partial charge in [0.25, 0.3) is 5.91 Å². The first-order valence-electron chi connectivity index (χ1n) is 11.0. The zero-order valence-corrected chi connectivity index (χ0v) is 18.3. The number of carbonyl (C=O) groups is 2. The molecule has 7 heteroatoms. The minimum Gasteiger partial charge on any atom is -0.496 e. The summed E-state index contributed by atoms with van der Waals surface area (Å²) in [6, 6.07) is 15.9. The Morgan fingerprint density at radius 3 is 2.69 bits per heavy atom. The molecule has 1 aromatic heterocycles. The third kappa shape index (κ3) is 2.84. The molecule has 1 saturated heterocycles. The first-order chi connectivity index (χ1) is 15.5. The van der Waals surface area contributed by atoms with E-state index in [1.54, 1.807) is 16.9 Å². The second-order valence-electron chi connectivity index (χ2n) is 8.63. The highest BCUT2D eigenvalue weighted by Gasteiger charge is 2.56. The molecule has 3 aromatic rings. The summed E-state index contributed by atoms with van der Waals surface area (Å²) < 4.78 is 5.66. The molecule has 7 nitrogen and oxygen atoms in total. The van der Waals surface area contributed by atoms with Gasteiger partial charge in [0.2, 0.25) is 5.91 Å². The number of nitrogens with one attached hydrogen (secondary N) is 1. The lowest BCUT2D eigenvalue weighted by Gasteiger charge is -2.51. The van der Waals surface area contributed by atoms with E-state index >= 15 is 0 Å². The monoisotopic (exact) mass is 433 g/mol. The summed E-state index contributed by atoms with van der Waals surface area (Å²) in [6.07, 6.45) is 0.443. The molecule has 0 radical (unpaired) electrons. The van der Waals surface area contributed by atoms with Crippen molar-refractivity contribution in [2.75, 3.05) is 33.4 Å². The summed E-state index contributed by atoms with van der Waals surface area (Å²) in [5, 5.41) is 10.3. The molecular formula is C25H27N3O4. The van der Waals surface area contributed by atoms with Gasteiger partial charge in [0.1, 0.15) is 5.75 Å². The van der Waals surface area contributed by atoms with E-state index in [4.69, 9.17) is 4.74 Å². The van der Waals surface area contributed by atoms with E-state index < -0.39 is 5.54 Å². The van der Waals surface area contributed by atoms with E-state index in [-0.39, 0.29) is 30.9 Å². The van der Waals surface area contributed by atoms with Gasteiger partial charge in [-0.2, -0.15) is 0 Å². The Balaban J connectivity index is 1.74. The van der Waals surface area contributed by atoms with E-state index in [0.717, 1.165) is 33.5 Å². The van der Waals surface area contributed by atoms with Crippen molar-refractivity contribution < 1.29 is 19.4 Å². The number of hydrogen-bond donors (Lipinski definition) is 2. The van der Waals surface area contributed by atoms with Crippen molar-refractivity contribution in [2.24, 2.45) is 0 Å². The van der Waals surface area contributed by atoms with Crippen LogP contribution in [0.4, 0.5) is 0 Å². The fourth-order valence-corrected chi connectivity index (χ4v) is 5.35. The van der Waals surface area contributed by atoms with Crippen molar-refractivity contribution in [1.82, 2.24) is 14.8 Å². The maximum atomic E-state index is 13.7. The molecule has 2 N–H and O–H groups in total. The minimum atomic E-state index is -1.13. The van der Waals surface area contributed by atoms with E-state index in [1.165, 1.54) is 0 Å². The van der Waals surface area contributed by atoms with Gasteiger partial charge < -0.3 is 24.6 Å². The number of methoxy groups -OCH3 is 1. The molecule has 5 rings (SSSR count). The summed E-state index contributed by atoms with van der Waals surface area (Å²) in [5.41, 5.74) is 2.60. The first-order valence-corrected chi connectivity index (χ1v) is 11.0. The molecule has 3 heterocycles. The fraction of sp³-hybridized carbons (Fsp3) is 0.360. The van der Waals surface area contributed by atoms with Gasteiger partial charge in [-0.3, -0.25) is 9.59 Å². The Morgan fingerprint density at radius 1 is 1.16 bits per heavy atom. The van der Waals surface area contributed by atoms with E-state index in [0.29, 0.717) is 19.5 Å². The highest BCUT2D eigenvalue weighted by molar-refractivity contribution is 6.01. The average Bonchev–Trinajstić information content (AvgIpc) is 3.21. The maximum Gasteiger partial charge on any atom is 0.254 e. The molecule has 1 unspecified atom stereocenters. The molecule has 2 aliphatic rings. The quantitative estimate of drug-likeness (QED) is 0.648. The molecule has 32 heavy (non-hydrogen) atoms. The molecule has 2 atom stereocenters. The molecule has 2 amide bonds. The molecular weight excluding hydrogens is 406 g/mol. The van der Waals surface area contributed by atoms with Crippen molar-refractivity contribution in [2.45, 2.75) is 24.8 Å². The second-order valence-corrected chi connectivity index (χ2v) is 8.63. The van der Waals surface area contributed by atoms with Crippen LogP contribution in [0.3, 0.4) is 0 Å². The molecule has 2 aromatic carbocycles. The van der Waals surface area contributed by atoms with Crippen LogP contribution in [0.15, 0.2) is 48.5 Å². The lowest BCUT2D eigenvalue weighted by Crippen LogP contribution is -2.67. The van der Waals surface area contributed by atoms with Crippen LogP contribution in [0.2, 0.25) is 0 Å². The highest BCUT2D eigenvalue weighted by Crippen LogP contribution is 2.49. The summed E-state index contributed by atoms with van der Waals surface area (Å²) in [5.74, 6) is 0.426. The number of nitrogens with zero attached hydrogens (tertiary/aromatic N) is 2. The second kappa shape index (κ2) is 7.67. The number of hydrogen-bond acceptors (Lipinski definition) is 4. The van der Waals surface area contributed by atoms with Crippen LogP contribution in [0, 0.1) is 0 Å². The van der Waals surface area contributed by atoms with Crippen molar-refractivity contribution in [3.8, 4) is 5.75 Å². The van der Waals surface area contributed by atoms with Gasteiger partial charge in [-0.1, -0.05) is 36.4 Å². The zero-order chi connectivity index (χ0) is 22.5. The van der Waals surface area contributed by atoms with Crippen molar-refractivity contribution in [3.63, 3.8) is 0 Å². The lowest BCUT2D eigenvalue weighted by molar-refractivity contribution is -0.166. The van der Waals surface area contributed by atoms with Crippen LogP contribution < -0.4 is 4.74 Å². The van der Waals surface area contributed by atoms with Crippen LogP contribution in [0.1, 0.15) is 36.1 Å². The summed E-state index contributed by atoms with van der Waals surface area (Å²) in [4.78, 5) is 33.9. The van der Waals surface area contributed by atoms with Gasteiger partial charge in [-0.25, -0.2) is 0 Å². The van der Waals surface area contributed by atoms with E-state index in [9.17, 15) is 14.7 Å². The third-order valence-electron chi connectivity index (χ3n) is 6.92. The number of rotatable bonds is 5. The number of para-hydroxylation sites is 2. The number of ether oxygens (including phenoxy) is 1. The number of aromatic nitrogens is 1. The van der Waals surface area contributed by atoms with Crippen molar-refractivity contribution in [3.05, 3.63) is 65.4 Å². The summed E-state index contributed by atoms with van der Waals surface area (Å²) in [6.45, 7) is 2.60. The number of fused-ring (bicyclic) bond motifs is 5. The molecule has 0 bridgehead atoms. The van der Waals surface area contributed by atoms with Gasteiger partial charge in [-0.15, -0.1) is 0 Å². The predicted molar refractivity (Wildman–Crippen MR) is 120 cm³/mol. The first kappa shape index (κ1) is 20.6. The lowest BCUT2D eigenvalue weighted by atomic mass is 9.76. The number of H-pyrrole nitrogens is 1. The fourth-order valence-electron chi connectivity index (χ4n) is 5.35. The number of carbonyl (C=O) groups excluding carboxylic acids is 2. The van der Waals surface area contributed by atoms with Crippen LogP contribution >= 0.6 is 0 Å². The largest absolute Gasteiger partial charge is 0.496 e. The number of aliphatic hydroxyl groups is 1. The average molecular weight is 434 g/mol. The Hall–Kier alpha value is -3.32. The summed E-state index contributed by atoms with van der Waals surface area (Å²) >= 11 is 0. The Kier molecular flexibility index (Phi) is 4.93. The highest BCUT2D eigenvalue weighted by atomic mass is 16.5. The van der Waals surface area contributed by atoms with Crippen LogP contribution in [-0.2, 0) is 15.1 Å². The molecule has 0 spiro atoms. The minimum absolute atomic E-state index is 0.0219. The molecule has 2 aliphatic heterocycles. The van der Waals surface area contributed by atoms with Crippen LogP contribution in [0.25, 0.3) is 10.9 Å². The van der Waals surface area contributed by atoms with E-state index in [2.05, 4.69) is 11.1 Å². The van der Waals surface area contributed by atoms with Gasteiger partial charge in [0.15, 0.2) is 5.54 Å². The Bertz CT molecular complexity index is 1200. The maximum absolute atomic E-state index is 13.7.